The zero-order valence-electron chi connectivity index (χ0n) is 10.6. The Morgan fingerprint density at radius 2 is 2.32 bits per heavy atom. The largest absolute Gasteiger partial charge is 0.329 e. The molecule has 1 aromatic heterocycles. The van der Waals surface area contributed by atoms with Crippen molar-refractivity contribution in [3.63, 3.8) is 0 Å². The number of nitrogens with zero attached hydrogens (tertiary/aromatic N) is 1. The Morgan fingerprint density at radius 1 is 1.58 bits per heavy atom. The SMILES string of the molecule is CS(=O)(=O)C1CSCCN1C(CN)c1ccc(Cl)s1. The van der Waals surface area contributed by atoms with Crippen LogP contribution < -0.4 is 5.73 Å². The number of sulfone groups is 1. The first-order valence-corrected chi connectivity index (χ1v) is 10.2. The van der Waals surface area contributed by atoms with E-state index in [4.69, 9.17) is 17.3 Å². The Kier molecular flexibility index (Phi) is 5.19. The number of rotatable bonds is 4. The minimum Gasteiger partial charge on any atom is -0.329 e. The normalized spacial score (nSPS) is 23.4. The van der Waals surface area contributed by atoms with Crippen molar-refractivity contribution in [1.29, 1.82) is 0 Å². The van der Waals surface area contributed by atoms with Crippen LogP contribution in [0.25, 0.3) is 0 Å². The van der Waals surface area contributed by atoms with Gasteiger partial charge in [-0.15, -0.1) is 11.3 Å². The highest BCUT2D eigenvalue weighted by Crippen LogP contribution is 2.34. The van der Waals surface area contributed by atoms with Crippen molar-refractivity contribution in [2.24, 2.45) is 5.73 Å². The van der Waals surface area contributed by atoms with Gasteiger partial charge in [-0.05, 0) is 12.1 Å². The smallest absolute Gasteiger partial charge is 0.164 e. The van der Waals surface area contributed by atoms with Crippen molar-refractivity contribution >= 4 is 44.5 Å². The van der Waals surface area contributed by atoms with Crippen molar-refractivity contribution in [3.8, 4) is 0 Å². The highest BCUT2D eigenvalue weighted by Gasteiger charge is 2.36. The molecule has 1 fully saturated rings. The molecular weight excluding hydrogens is 324 g/mol. The Bertz CT molecular complexity index is 532. The van der Waals surface area contributed by atoms with Crippen LogP contribution in [-0.4, -0.2) is 49.5 Å². The summed E-state index contributed by atoms with van der Waals surface area (Å²) in [6.07, 6.45) is 1.30. The molecule has 108 valence electrons. The summed E-state index contributed by atoms with van der Waals surface area (Å²) in [5, 5.41) is -0.458. The number of thioether (sulfide) groups is 1. The Hall–Kier alpha value is 0.210. The summed E-state index contributed by atoms with van der Waals surface area (Å²) in [7, 11) is -3.11. The van der Waals surface area contributed by atoms with E-state index >= 15 is 0 Å². The third-order valence-electron chi connectivity index (χ3n) is 3.16. The molecule has 0 aliphatic carbocycles. The van der Waals surface area contributed by atoms with Gasteiger partial charge in [-0.3, -0.25) is 4.90 Å². The van der Waals surface area contributed by atoms with Crippen molar-refractivity contribution < 1.29 is 8.42 Å². The molecule has 0 bridgehead atoms. The molecule has 0 spiro atoms. The molecule has 4 nitrogen and oxygen atoms in total. The molecule has 0 saturated carbocycles. The minimum atomic E-state index is -3.11. The van der Waals surface area contributed by atoms with Gasteiger partial charge < -0.3 is 5.73 Å². The topological polar surface area (TPSA) is 63.4 Å². The van der Waals surface area contributed by atoms with E-state index in [1.54, 1.807) is 11.8 Å². The molecule has 8 heteroatoms. The van der Waals surface area contributed by atoms with Crippen LogP contribution >= 0.6 is 34.7 Å². The molecule has 2 heterocycles. The predicted molar refractivity (Wildman–Crippen MR) is 83.8 cm³/mol. The molecule has 1 saturated heterocycles. The van der Waals surface area contributed by atoms with E-state index in [1.165, 1.54) is 17.6 Å². The van der Waals surface area contributed by atoms with E-state index in [1.807, 2.05) is 17.0 Å². The molecule has 1 aliphatic heterocycles. The van der Waals surface area contributed by atoms with Crippen LogP contribution in [0, 0.1) is 0 Å². The van der Waals surface area contributed by atoms with Gasteiger partial charge >= 0.3 is 0 Å². The molecule has 1 aromatic rings. The maximum atomic E-state index is 11.9. The molecule has 2 N–H and O–H groups in total. The lowest BCUT2D eigenvalue weighted by Crippen LogP contribution is -2.50. The highest BCUT2D eigenvalue weighted by molar-refractivity contribution is 8.00. The van der Waals surface area contributed by atoms with Crippen LogP contribution in [0.4, 0.5) is 0 Å². The van der Waals surface area contributed by atoms with Crippen molar-refractivity contribution in [1.82, 2.24) is 4.90 Å². The Balaban J connectivity index is 2.29. The summed E-state index contributed by atoms with van der Waals surface area (Å²) in [6, 6.07) is 3.70. The first-order chi connectivity index (χ1) is 8.93. The lowest BCUT2D eigenvalue weighted by Gasteiger charge is -2.39. The summed E-state index contributed by atoms with van der Waals surface area (Å²) < 4.78 is 24.6. The van der Waals surface area contributed by atoms with E-state index in [2.05, 4.69) is 0 Å². The predicted octanol–water partition coefficient (Wildman–Crippen LogP) is 1.82. The van der Waals surface area contributed by atoms with E-state index in [0.717, 1.165) is 17.2 Å². The van der Waals surface area contributed by atoms with Gasteiger partial charge in [0.05, 0.1) is 10.4 Å². The molecule has 0 amide bonds. The van der Waals surface area contributed by atoms with Gasteiger partial charge in [0.15, 0.2) is 9.84 Å². The van der Waals surface area contributed by atoms with E-state index in [9.17, 15) is 8.42 Å². The van der Waals surface area contributed by atoms with Crippen molar-refractivity contribution in [2.45, 2.75) is 11.4 Å². The molecule has 2 rings (SSSR count). The fourth-order valence-corrected chi connectivity index (χ4v) is 6.36. The second-order valence-corrected chi connectivity index (χ2v) is 9.59. The van der Waals surface area contributed by atoms with Crippen LogP contribution in [0.1, 0.15) is 10.9 Å². The third kappa shape index (κ3) is 3.65. The molecule has 2 unspecified atom stereocenters. The lowest BCUT2D eigenvalue weighted by atomic mass is 10.2. The van der Waals surface area contributed by atoms with E-state index in [-0.39, 0.29) is 6.04 Å². The van der Waals surface area contributed by atoms with Crippen LogP contribution in [-0.2, 0) is 9.84 Å². The van der Waals surface area contributed by atoms with Crippen LogP contribution in [0.5, 0.6) is 0 Å². The van der Waals surface area contributed by atoms with Gasteiger partial charge in [0.2, 0.25) is 0 Å². The lowest BCUT2D eigenvalue weighted by molar-refractivity contribution is 0.200. The molecular formula is C11H17ClN2O2S3. The molecule has 0 radical (unpaired) electrons. The Labute approximate surface area is 127 Å². The molecule has 2 atom stereocenters. The van der Waals surface area contributed by atoms with Crippen LogP contribution in [0.15, 0.2) is 12.1 Å². The highest BCUT2D eigenvalue weighted by atomic mass is 35.5. The maximum Gasteiger partial charge on any atom is 0.164 e. The minimum absolute atomic E-state index is 0.0712. The summed E-state index contributed by atoms with van der Waals surface area (Å²) in [4.78, 5) is 3.04. The quantitative estimate of drug-likeness (QED) is 0.905. The van der Waals surface area contributed by atoms with Crippen LogP contribution in [0.2, 0.25) is 4.34 Å². The fraction of sp³-hybridized carbons (Fsp3) is 0.636. The van der Waals surface area contributed by atoms with Crippen molar-refractivity contribution in [3.05, 3.63) is 21.3 Å². The second-order valence-electron chi connectivity index (χ2n) is 4.49. The zero-order valence-corrected chi connectivity index (χ0v) is 13.8. The average molecular weight is 341 g/mol. The van der Waals surface area contributed by atoms with Gasteiger partial charge in [-0.1, -0.05) is 11.6 Å². The van der Waals surface area contributed by atoms with Gasteiger partial charge in [0.25, 0.3) is 0 Å². The van der Waals surface area contributed by atoms with Crippen molar-refractivity contribution in [2.75, 3.05) is 30.9 Å². The van der Waals surface area contributed by atoms with Gasteiger partial charge in [0, 0.05) is 35.7 Å². The first kappa shape index (κ1) is 15.6. The van der Waals surface area contributed by atoms with Gasteiger partial charge in [0.1, 0.15) is 5.37 Å². The number of thiophene rings is 1. The maximum absolute atomic E-state index is 11.9. The van der Waals surface area contributed by atoms with Crippen LogP contribution in [0.3, 0.4) is 0 Å². The number of nitrogens with two attached hydrogens (primary N) is 1. The zero-order chi connectivity index (χ0) is 14.0. The second kappa shape index (κ2) is 6.32. The van der Waals surface area contributed by atoms with Gasteiger partial charge in [-0.25, -0.2) is 8.42 Å². The summed E-state index contributed by atoms with van der Waals surface area (Å²) in [6.45, 7) is 1.13. The molecule has 19 heavy (non-hydrogen) atoms. The molecule has 1 aliphatic rings. The fourth-order valence-electron chi connectivity index (χ4n) is 2.24. The van der Waals surface area contributed by atoms with Gasteiger partial charge in [-0.2, -0.15) is 11.8 Å². The number of hydrogen-bond donors (Lipinski definition) is 1. The monoisotopic (exact) mass is 340 g/mol. The molecule has 0 aromatic carbocycles. The summed E-state index contributed by atoms with van der Waals surface area (Å²) in [5.41, 5.74) is 5.87. The van der Waals surface area contributed by atoms with E-state index in [0.29, 0.717) is 16.6 Å². The number of halogens is 1. The number of hydrogen-bond acceptors (Lipinski definition) is 6. The standard InChI is InChI=1S/C11H17ClN2O2S3/c1-19(15,16)11-7-17-5-4-14(11)8(6-13)9-2-3-10(12)18-9/h2-3,8,11H,4-7,13H2,1H3. The average Bonchev–Trinajstić information content (AvgIpc) is 2.76. The summed E-state index contributed by atoms with van der Waals surface area (Å²) >= 11 is 9.11. The summed E-state index contributed by atoms with van der Waals surface area (Å²) in [5.74, 6) is 1.54. The first-order valence-electron chi connectivity index (χ1n) is 5.91. The van der Waals surface area contributed by atoms with E-state index < -0.39 is 15.2 Å². The Morgan fingerprint density at radius 3 is 2.84 bits per heavy atom. The third-order valence-corrected chi connectivity index (χ3v) is 7.16.